The lowest BCUT2D eigenvalue weighted by Crippen LogP contribution is -2.08. The Labute approximate surface area is 67.3 Å². The van der Waals surface area contributed by atoms with Gasteiger partial charge in [-0.15, -0.1) is 0 Å². The molecule has 2 rings (SSSR count). The lowest BCUT2D eigenvalue weighted by molar-refractivity contribution is 0.194. The summed E-state index contributed by atoms with van der Waals surface area (Å²) < 4.78 is 0.891. The predicted octanol–water partition coefficient (Wildman–Crippen LogP) is 0.957. The Kier molecular flexibility index (Phi) is 1.30. The van der Waals surface area contributed by atoms with Crippen LogP contribution in [0.3, 0.4) is 0 Å². The zero-order valence-electron chi connectivity index (χ0n) is 6.01. The van der Waals surface area contributed by atoms with Gasteiger partial charge in [0, 0.05) is 6.20 Å². The second-order valence-corrected chi connectivity index (χ2v) is 2.25. The Hall–Kier alpha value is -1.91. The molecule has 5 heteroatoms. The van der Waals surface area contributed by atoms with Crippen LogP contribution in [0.2, 0.25) is 0 Å². The van der Waals surface area contributed by atoms with E-state index in [0.717, 1.165) is 4.68 Å². The summed E-state index contributed by atoms with van der Waals surface area (Å²) in [7, 11) is 0. The summed E-state index contributed by atoms with van der Waals surface area (Å²) in [6.45, 7) is 0. The van der Waals surface area contributed by atoms with Gasteiger partial charge >= 0.3 is 6.09 Å². The largest absolute Gasteiger partial charge is 0.463 e. The number of fused-ring (bicyclic) bond motifs is 1. The number of pyridine rings is 1. The highest BCUT2D eigenvalue weighted by Gasteiger charge is 2.07. The zero-order chi connectivity index (χ0) is 8.55. The quantitative estimate of drug-likeness (QED) is 0.628. The molecule has 0 aliphatic rings. The van der Waals surface area contributed by atoms with Crippen molar-refractivity contribution in [3.05, 3.63) is 24.5 Å². The lowest BCUT2D eigenvalue weighted by Gasteiger charge is -1.92. The van der Waals surface area contributed by atoms with E-state index in [9.17, 15) is 4.79 Å². The third kappa shape index (κ3) is 0.833. The van der Waals surface area contributed by atoms with Crippen molar-refractivity contribution in [2.24, 2.45) is 0 Å². The van der Waals surface area contributed by atoms with E-state index in [2.05, 4.69) is 10.1 Å². The molecule has 0 amide bonds. The fraction of sp³-hybridized carbons (Fsp3) is 0. The van der Waals surface area contributed by atoms with Crippen LogP contribution in [0.25, 0.3) is 11.0 Å². The zero-order valence-corrected chi connectivity index (χ0v) is 6.01. The van der Waals surface area contributed by atoms with Gasteiger partial charge in [0.25, 0.3) is 0 Å². The molecule has 1 N–H and O–H groups in total. The van der Waals surface area contributed by atoms with Crippen LogP contribution in [0.1, 0.15) is 0 Å². The molecule has 0 spiro atoms. The maximum Gasteiger partial charge on any atom is 0.432 e. The van der Waals surface area contributed by atoms with Crippen molar-refractivity contribution < 1.29 is 9.90 Å². The Morgan fingerprint density at radius 2 is 2.42 bits per heavy atom. The highest BCUT2D eigenvalue weighted by molar-refractivity contribution is 5.83. The second kappa shape index (κ2) is 2.30. The number of nitrogens with zero attached hydrogens (tertiary/aromatic N) is 3. The molecule has 2 aromatic heterocycles. The van der Waals surface area contributed by atoms with Crippen molar-refractivity contribution in [1.82, 2.24) is 14.8 Å². The molecule has 0 saturated carbocycles. The summed E-state index contributed by atoms with van der Waals surface area (Å²) in [5.41, 5.74) is 1.09. The van der Waals surface area contributed by atoms with Gasteiger partial charge in [0.1, 0.15) is 5.52 Å². The highest BCUT2D eigenvalue weighted by atomic mass is 16.4. The number of aromatic nitrogens is 3. The minimum absolute atomic E-state index is 0.505. The van der Waals surface area contributed by atoms with E-state index < -0.39 is 6.09 Å². The van der Waals surface area contributed by atoms with E-state index in [0.29, 0.717) is 11.0 Å². The van der Waals surface area contributed by atoms with Gasteiger partial charge in [0.15, 0.2) is 0 Å². The van der Waals surface area contributed by atoms with Crippen LogP contribution in [-0.4, -0.2) is 26.0 Å². The summed E-state index contributed by atoms with van der Waals surface area (Å²) in [5.74, 6) is 0. The lowest BCUT2D eigenvalue weighted by atomic mass is 10.4. The van der Waals surface area contributed by atoms with Crippen molar-refractivity contribution in [3.63, 3.8) is 0 Å². The Bertz CT molecular complexity index is 435. The van der Waals surface area contributed by atoms with Crippen LogP contribution in [0.15, 0.2) is 24.5 Å². The van der Waals surface area contributed by atoms with Gasteiger partial charge in [-0.2, -0.15) is 9.78 Å². The minimum Gasteiger partial charge on any atom is -0.463 e. The van der Waals surface area contributed by atoms with E-state index in [1.165, 1.54) is 6.20 Å². The maximum absolute atomic E-state index is 10.5. The van der Waals surface area contributed by atoms with Crippen molar-refractivity contribution in [2.75, 3.05) is 0 Å². The molecule has 60 valence electrons. The molecule has 0 aliphatic heterocycles. The van der Waals surface area contributed by atoms with Gasteiger partial charge in [-0.05, 0) is 12.1 Å². The summed E-state index contributed by atoms with van der Waals surface area (Å²) in [5, 5.41) is 12.3. The minimum atomic E-state index is -1.10. The molecule has 0 aliphatic carbocycles. The van der Waals surface area contributed by atoms with Crippen LogP contribution in [0.5, 0.6) is 0 Å². The number of carbonyl (C=O) groups is 1. The van der Waals surface area contributed by atoms with Gasteiger partial charge < -0.3 is 5.11 Å². The van der Waals surface area contributed by atoms with Crippen LogP contribution in [0.4, 0.5) is 4.79 Å². The standard InChI is InChI=1S/C7H5N3O2/c11-7(12)10-6-2-1-3-8-5(6)4-9-10/h1-4H,(H,11,12). The van der Waals surface area contributed by atoms with E-state index in [-0.39, 0.29) is 0 Å². The first-order valence-corrected chi connectivity index (χ1v) is 3.31. The molecule has 0 fully saturated rings. The van der Waals surface area contributed by atoms with Crippen LogP contribution >= 0.6 is 0 Å². The number of hydrogen-bond donors (Lipinski definition) is 1. The molecule has 5 nitrogen and oxygen atoms in total. The Balaban J connectivity index is 2.79. The molecule has 2 aromatic rings. The van der Waals surface area contributed by atoms with E-state index in [4.69, 9.17) is 5.11 Å². The molecule has 2 heterocycles. The van der Waals surface area contributed by atoms with Crippen molar-refractivity contribution in [3.8, 4) is 0 Å². The van der Waals surface area contributed by atoms with Crippen LogP contribution < -0.4 is 0 Å². The third-order valence-electron chi connectivity index (χ3n) is 1.52. The molecule has 0 saturated heterocycles. The first-order chi connectivity index (χ1) is 5.79. The van der Waals surface area contributed by atoms with Crippen molar-refractivity contribution in [2.45, 2.75) is 0 Å². The van der Waals surface area contributed by atoms with Gasteiger partial charge in [-0.1, -0.05) is 0 Å². The maximum atomic E-state index is 10.5. The van der Waals surface area contributed by atoms with Gasteiger partial charge in [0.05, 0.1) is 11.7 Å². The number of hydrogen-bond acceptors (Lipinski definition) is 3. The topological polar surface area (TPSA) is 68.0 Å². The summed E-state index contributed by atoms with van der Waals surface area (Å²) >= 11 is 0. The normalized spacial score (nSPS) is 10.3. The predicted molar refractivity (Wildman–Crippen MR) is 41.0 cm³/mol. The van der Waals surface area contributed by atoms with E-state index in [1.54, 1.807) is 18.3 Å². The van der Waals surface area contributed by atoms with E-state index in [1.807, 2.05) is 0 Å². The van der Waals surface area contributed by atoms with Crippen LogP contribution in [-0.2, 0) is 0 Å². The Morgan fingerprint density at radius 3 is 3.17 bits per heavy atom. The van der Waals surface area contributed by atoms with Crippen LogP contribution in [0, 0.1) is 0 Å². The molecule has 12 heavy (non-hydrogen) atoms. The fourth-order valence-corrected chi connectivity index (χ4v) is 1.01. The van der Waals surface area contributed by atoms with Gasteiger partial charge in [-0.25, -0.2) is 4.79 Å². The molecule has 0 aromatic carbocycles. The third-order valence-corrected chi connectivity index (χ3v) is 1.52. The average Bonchev–Trinajstić information content (AvgIpc) is 2.47. The molecular formula is C7H5N3O2. The highest BCUT2D eigenvalue weighted by Crippen LogP contribution is 2.08. The molecular weight excluding hydrogens is 158 g/mol. The summed E-state index contributed by atoms with van der Waals surface area (Å²) in [6.07, 6.45) is 1.91. The smallest absolute Gasteiger partial charge is 0.432 e. The SMILES string of the molecule is O=C(O)n1ncc2ncccc21. The first-order valence-electron chi connectivity index (χ1n) is 3.31. The number of carboxylic acid groups (broad SMARTS) is 1. The molecule has 0 bridgehead atoms. The monoisotopic (exact) mass is 163 g/mol. The average molecular weight is 163 g/mol. The summed E-state index contributed by atoms with van der Waals surface area (Å²) in [4.78, 5) is 14.5. The van der Waals surface area contributed by atoms with Gasteiger partial charge in [0.2, 0.25) is 0 Å². The van der Waals surface area contributed by atoms with Crippen molar-refractivity contribution in [1.29, 1.82) is 0 Å². The summed E-state index contributed by atoms with van der Waals surface area (Å²) in [6, 6.07) is 3.33. The van der Waals surface area contributed by atoms with E-state index >= 15 is 0 Å². The molecule has 0 unspecified atom stereocenters. The Morgan fingerprint density at radius 1 is 1.58 bits per heavy atom. The molecule has 0 atom stereocenters. The number of rotatable bonds is 0. The second-order valence-electron chi connectivity index (χ2n) is 2.25. The van der Waals surface area contributed by atoms with Gasteiger partial charge in [-0.3, -0.25) is 4.98 Å². The fourth-order valence-electron chi connectivity index (χ4n) is 1.01. The first kappa shape index (κ1) is 6.78. The molecule has 0 radical (unpaired) electrons. The van der Waals surface area contributed by atoms with Crippen molar-refractivity contribution >= 4 is 17.1 Å².